The Kier molecular flexibility index (Phi) is 3.29. The highest BCUT2D eigenvalue weighted by Crippen LogP contribution is 2.28. The summed E-state index contributed by atoms with van der Waals surface area (Å²) in [5, 5.41) is 15.1. The zero-order valence-electron chi connectivity index (χ0n) is 10.0. The number of thiazole rings is 1. The topological polar surface area (TPSA) is 75.1 Å². The van der Waals surface area contributed by atoms with Crippen LogP contribution in [0.4, 0.5) is 5.69 Å². The minimum Gasteiger partial charge on any atom is -0.478 e. The molecular weight excluding hydrogens is 250 g/mol. The maximum atomic E-state index is 11.1. The SMILES string of the molecule is CC(C)(Nc1cnccc1C(=O)O)c1nccs1. The Bertz CT molecular complexity index is 552. The van der Waals surface area contributed by atoms with Crippen molar-refractivity contribution in [1.82, 2.24) is 9.97 Å². The molecular formula is C12H13N3O2S. The molecule has 94 valence electrons. The Morgan fingerprint density at radius 3 is 2.83 bits per heavy atom. The van der Waals surface area contributed by atoms with Gasteiger partial charge in [-0.15, -0.1) is 11.3 Å². The number of carboxylic acids is 1. The predicted octanol–water partition coefficient (Wildman–Crippen LogP) is 2.58. The van der Waals surface area contributed by atoms with Crippen LogP contribution >= 0.6 is 11.3 Å². The van der Waals surface area contributed by atoms with E-state index in [0.29, 0.717) is 5.69 Å². The van der Waals surface area contributed by atoms with Gasteiger partial charge < -0.3 is 10.4 Å². The predicted molar refractivity (Wildman–Crippen MR) is 70.0 cm³/mol. The summed E-state index contributed by atoms with van der Waals surface area (Å²) >= 11 is 1.52. The number of aromatic carboxylic acids is 1. The van der Waals surface area contributed by atoms with Crippen molar-refractivity contribution in [2.75, 3.05) is 5.32 Å². The van der Waals surface area contributed by atoms with Gasteiger partial charge in [0, 0.05) is 17.8 Å². The minimum absolute atomic E-state index is 0.203. The summed E-state index contributed by atoms with van der Waals surface area (Å²) < 4.78 is 0. The average Bonchev–Trinajstić information content (AvgIpc) is 2.83. The van der Waals surface area contributed by atoms with E-state index >= 15 is 0 Å². The molecule has 5 nitrogen and oxygen atoms in total. The lowest BCUT2D eigenvalue weighted by Crippen LogP contribution is -2.28. The number of nitrogens with zero attached hydrogens (tertiary/aromatic N) is 2. The van der Waals surface area contributed by atoms with Gasteiger partial charge in [0.25, 0.3) is 0 Å². The number of hydrogen-bond acceptors (Lipinski definition) is 5. The van der Waals surface area contributed by atoms with Crippen LogP contribution in [0.3, 0.4) is 0 Å². The zero-order valence-corrected chi connectivity index (χ0v) is 10.9. The van der Waals surface area contributed by atoms with Gasteiger partial charge in [0.05, 0.1) is 23.0 Å². The van der Waals surface area contributed by atoms with Gasteiger partial charge in [-0.05, 0) is 19.9 Å². The van der Waals surface area contributed by atoms with Crippen LogP contribution in [0.15, 0.2) is 30.0 Å². The third kappa shape index (κ3) is 2.48. The standard InChI is InChI=1S/C12H13N3O2S/c1-12(2,11-14-5-6-18-11)15-9-7-13-4-3-8(9)10(16)17/h3-7,15H,1-2H3,(H,16,17). The van der Waals surface area contributed by atoms with Crippen LogP contribution < -0.4 is 5.32 Å². The molecule has 0 aliphatic carbocycles. The van der Waals surface area contributed by atoms with E-state index in [9.17, 15) is 4.79 Å². The van der Waals surface area contributed by atoms with E-state index < -0.39 is 11.5 Å². The molecule has 0 aromatic carbocycles. The normalized spacial score (nSPS) is 11.2. The summed E-state index contributed by atoms with van der Waals surface area (Å²) in [5.41, 5.74) is 0.251. The second-order valence-corrected chi connectivity index (χ2v) is 5.21. The summed E-state index contributed by atoms with van der Waals surface area (Å²) in [6.45, 7) is 3.90. The molecule has 2 N–H and O–H groups in total. The van der Waals surface area contributed by atoms with E-state index in [1.54, 1.807) is 6.20 Å². The van der Waals surface area contributed by atoms with Gasteiger partial charge in [-0.25, -0.2) is 9.78 Å². The van der Waals surface area contributed by atoms with Crippen LogP contribution in [0.2, 0.25) is 0 Å². The van der Waals surface area contributed by atoms with Gasteiger partial charge in [0.15, 0.2) is 0 Å². The fourth-order valence-electron chi connectivity index (χ4n) is 1.60. The van der Waals surface area contributed by atoms with E-state index in [4.69, 9.17) is 5.11 Å². The monoisotopic (exact) mass is 263 g/mol. The fraction of sp³-hybridized carbons (Fsp3) is 0.250. The fourth-order valence-corrected chi connectivity index (χ4v) is 2.32. The minimum atomic E-state index is -0.977. The Balaban J connectivity index is 2.32. The Labute approximate surface area is 109 Å². The summed E-state index contributed by atoms with van der Waals surface area (Å²) in [6, 6.07) is 1.47. The van der Waals surface area contributed by atoms with Crippen molar-refractivity contribution in [1.29, 1.82) is 0 Å². The van der Waals surface area contributed by atoms with E-state index in [0.717, 1.165) is 5.01 Å². The number of rotatable bonds is 4. The lowest BCUT2D eigenvalue weighted by molar-refractivity contribution is 0.0697. The van der Waals surface area contributed by atoms with Gasteiger partial charge in [-0.3, -0.25) is 4.98 Å². The zero-order chi connectivity index (χ0) is 13.2. The van der Waals surface area contributed by atoms with Gasteiger partial charge in [-0.1, -0.05) is 0 Å². The lowest BCUT2D eigenvalue weighted by atomic mass is 10.1. The molecule has 0 radical (unpaired) electrons. The third-order valence-corrected chi connectivity index (χ3v) is 3.56. The van der Waals surface area contributed by atoms with Crippen LogP contribution in [-0.2, 0) is 5.54 Å². The number of hydrogen-bond donors (Lipinski definition) is 2. The Morgan fingerprint density at radius 1 is 1.44 bits per heavy atom. The van der Waals surface area contributed by atoms with Crippen molar-refractivity contribution in [2.24, 2.45) is 0 Å². The number of nitrogens with one attached hydrogen (secondary N) is 1. The average molecular weight is 263 g/mol. The van der Waals surface area contributed by atoms with Gasteiger partial charge in [0.1, 0.15) is 5.01 Å². The number of pyridine rings is 1. The van der Waals surface area contributed by atoms with Crippen LogP contribution in [0, 0.1) is 0 Å². The summed E-state index contributed by atoms with van der Waals surface area (Å²) in [4.78, 5) is 19.3. The number of carboxylic acid groups (broad SMARTS) is 1. The maximum absolute atomic E-state index is 11.1. The molecule has 0 amide bonds. The smallest absolute Gasteiger partial charge is 0.337 e. The molecule has 0 fully saturated rings. The lowest BCUT2D eigenvalue weighted by Gasteiger charge is -2.25. The molecule has 2 aromatic heterocycles. The van der Waals surface area contributed by atoms with Crippen LogP contribution in [0.25, 0.3) is 0 Å². The summed E-state index contributed by atoms with van der Waals surface area (Å²) in [7, 11) is 0. The van der Waals surface area contributed by atoms with E-state index in [2.05, 4.69) is 15.3 Å². The van der Waals surface area contributed by atoms with Gasteiger partial charge in [0.2, 0.25) is 0 Å². The van der Waals surface area contributed by atoms with E-state index in [1.165, 1.54) is 29.8 Å². The third-order valence-electron chi connectivity index (χ3n) is 2.47. The van der Waals surface area contributed by atoms with Crippen molar-refractivity contribution in [3.8, 4) is 0 Å². The second kappa shape index (κ2) is 4.73. The first-order valence-corrected chi connectivity index (χ1v) is 6.24. The molecule has 0 aliphatic heterocycles. The summed E-state index contributed by atoms with van der Waals surface area (Å²) in [6.07, 6.45) is 4.70. The molecule has 0 bridgehead atoms. The van der Waals surface area contributed by atoms with Crippen molar-refractivity contribution in [3.05, 3.63) is 40.6 Å². The molecule has 0 saturated carbocycles. The molecule has 2 heterocycles. The number of carbonyl (C=O) groups is 1. The Hall–Kier alpha value is -1.95. The van der Waals surface area contributed by atoms with Crippen molar-refractivity contribution in [2.45, 2.75) is 19.4 Å². The molecule has 0 atom stereocenters. The molecule has 0 spiro atoms. The number of aromatic nitrogens is 2. The maximum Gasteiger partial charge on any atom is 0.337 e. The summed E-state index contributed by atoms with van der Waals surface area (Å²) in [5.74, 6) is -0.977. The van der Waals surface area contributed by atoms with Crippen LogP contribution in [0.1, 0.15) is 29.2 Å². The molecule has 2 aromatic rings. The largest absolute Gasteiger partial charge is 0.478 e. The van der Waals surface area contributed by atoms with Crippen LogP contribution in [0.5, 0.6) is 0 Å². The van der Waals surface area contributed by atoms with E-state index in [-0.39, 0.29) is 5.56 Å². The first kappa shape index (κ1) is 12.5. The van der Waals surface area contributed by atoms with Crippen molar-refractivity contribution in [3.63, 3.8) is 0 Å². The molecule has 18 heavy (non-hydrogen) atoms. The second-order valence-electron chi connectivity index (χ2n) is 4.31. The quantitative estimate of drug-likeness (QED) is 0.886. The van der Waals surface area contributed by atoms with Gasteiger partial charge in [-0.2, -0.15) is 0 Å². The van der Waals surface area contributed by atoms with E-state index in [1.807, 2.05) is 19.2 Å². The number of anilines is 1. The first-order chi connectivity index (χ1) is 8.50. The molecule has 0 aliphatic rings. The Morgan fingerprint density at radius 2 is 2.22 bits per heavy atom. The highest BCUT2D eigenvalue weighted by Gasteiger charge is 2.25. The molecule has 0 saturated heterocycles. The molecule has 6 heteroatoms. The molecule has 2 rings (SSSR count). The highest BCUT2D eigenvalue weighted by molar-refractivity contribution is 7.09. The van der Waals surface area contributed by atoms with Crippen molar-refractivity contribution >= 4 is 23.0 Å². The van der Waals surface area contributed by atoms with Gasteiger partial charge >= 0.3 is 5.97 Å². The molecule has 0 unspecified atom stereocenters. The highest BCUT2D eigenvalue weighted by atomic mass is 32.1. The van der Waals surface area contributed by atoms with Crippen molar-refractivity contribution < 1.29 is 9.90 Å². The van der Waals surface area contributed by atoms with Crippen LogP contribution in [-0.4, -0.2) is 21.0 Å². The first-order valence-electron chi connectivity index (χ1n) is 5.36.